The summed E-state index contributed by atoms with van der Waals surface area (Å²) in [5.74, 6) is 2.31. The maximum Gasteiger partial charge on any atom is 0.191 e. The van der Waals surface area contributed by atoms with Gasteiger partial charge >= 0.3 is 0 Å². The minimum atomic E-state index is 0. The number of halogens is 1. The lowest BCUT2D eigenvalue weighted by molar-refractivity contribution is -0.188. The summed E-state index contributed by atoms with van der Waals surface area (Å²) in [7, 11) is 3.55. The van der Waals surface area contributed by atoms with Crippen LogP contribution in [0, 0.1) is 18.3 Å². The number of fused-ring (bicyclic) bond motifs is 1. The third-order valence-electron chi connectivity index (χ3n) is 6.05. The number of ether oxygens (including phenoxy) is 2. The molecule has 0 amide bonds. The molecule has 0 aromatic heterocycles. The van der Waals surface area contributed by atoms with Crippen LogP contribution in [0.3, 0.4) is 0 Å². The molecule has 1 aromatic rings. The van der Waals surface area contributed by atoms with Crippen LogP contribution in [-0.2, 0) is 4.74 Å². The Balaban J connectivity index is 0.00000261. The molecule has 2 N–H and O–H groups in total. The number of benzene rings is 1. The molecule has 1 heterocycles. The van der Waals surface area contributed by atoms with Crippen LogP contribution >= 0.6 is 24.0 Å². The Kier molecular flexibility index (Phi) is 7.41. The molecule has 1 saturated carbocycles. The predicted octanol–water partition coefficient (Wildman–Crippen LogP) is 4.05. The number of guanidine groups is 1. The van der Waals surface area contributed by atoms with Crippen LogP contribution in [0.4, 0.5) is 0 Å². The van der Waals surface area contributed by atoms with E-state index in [1.165, 1.54) is 12.0 Å². The largest absolute Gasteiger partial charge is 0.496 e. The number of hydrogen-bond donors (Lipinski definition) is 2. The Morgan fingerprint density at radius 3 is 2.78 bits per heavy atom. The summed E-state index contributed by atoms with van der Waals surface area (Å²) in [6.45, 7) is 9.72. The van der Waals surface area contributed by atoms with Crippen LogP contribution in [0.2, 0.25) is 0 Å². The summed E-state index contributed by atoms with van der Waals surface area (Å²) < 4.78 is 11.6. The SMILES string of the molecule is CN=C(NC(C)c1cc(C)ccc1OC)NC1C2CCCOC2C1(C)C.I. The van der Waals surface area contributed by atoms with Crippen molar-refractivity contribution in [1.82, 2.24) is 10.6 Å². The summed E-state index contributed by atoms with van der Waals surface area (Å²) in [5.41, 5.74) is 2.48. The highest BCUT2D eigenvalue weighted by atomic mass is 127. The number of nitrogens with one attached hydrogen (secondary N) is 2. The zero-order valence-electron chi connectivity index (χ0n) is 17.3. The molecular weight excluding hydrogens is 453 g/mol. The summed E-state index contributed by atoms with van der Waals surface area (Å²) in [6, 6.07) is 6.74. The quantitative estimate of drug-likeness (QED) is 0.382. The van der Waals surface area contributed by atoms with Crippen LogP contribution < -0.4 is 15.4 Å². The summed E-state index contributed by atoms with van der Waals surface area (Å²) >= 11 is 0. The van der Waals surface area contributed by atoms with Gasteiger partial charge in [-0.05, 0) is 32.8 Å². The van der Waals surface area contributed by atoms with Gasteiger partial charge in [0.15, 0.2) is 5.96 Å². The molecule has 152 valence electrons. The molecule has 3 rings (SSSR count). The van der Waals surface area contributed by atoms with Crippen molar-refractivity contribution >= 4 is 29.9 Å². The van der Waals surface area contributed by atoms with Gasteiger partial charge in [-0.15, -0.1) is 24.0 Å². The van der Waals surface area contributed by atoms with E-state index in [-0.39, 0.29) is 35.4 Å². The topological polar surface area (TPSA) is 54.9 Å². The number of rotatable bonds is 4. The minimum absolute atomic E-state index is 0. The van der Waals surface area contributed by atoms with Crippen molar-refractivity contribution in [2.24, 2.45) is 16.3 Å². The summed E-state index contributed by atoms with van der Waals surface area (Å²) in [6.07, 6.45) is 2.74. The van der Waals surface area contributed by atoms with Gasteiger partial charge in [-0.3, -0.25) is 4.99 Å². The third-order valence-corrected chi connectivity index (χ3v) is 6.05. The average Bonchev–Trinajstić information content (AvgIpc) is 2.64. The van der Waals surface area contributed by atoms with Gasteiger partial charge in [-0.25, -0.2) is 0 Å². The van der Waals surface area contributed by atoms with Crippen LogP contribution in [-0.4, -0.2) is 38.9 Å². The molecule has 0 radical (unpaired) electrons. The highest BCUT2D eigenvalue weighted by Crippen LogP contribution is 2.51. The maximum atomic E-state index is 6.01. The van der Waals surface area contributed by atoms with E-state index in [1.54, 1.807) is 7.11 Å². The first kappa shape index (κ1) is 22.3. The van der Waals surface area contributed by atoms with E-state index < -0.39 is 0 Å². The lowest BCUT2D eigenvalue weighted by Gasteiger charge is -2.60. The highest BCUT2D eigenvalue weighted by molar-refractivity contribution is 14.0. The van der Waals surface area contributed by atoms with Crippen molar-refractivity contribution in [2.45, 2.75) is 58.7 Å². The Hall–Kier alpha value is -1.02. The van der Waals surface area contributed by atoms with Gasteiger partial charge in [0, 0.05) is 36.6 Å². The van der Waals surface area contributed by atoms with Gasteiger partial charge in [0.1, 0.15) is 5.75 Å². The first-order valence-corrected chi connectivity index (χ1v) is 9.64. The normalized spacial score (nSPS) is 27.5. The number of nitrogens with zero attached hydrogens (tertiary/aromatic N) is 1. The molecule has 4 atom stereocenters. The van der Waals surface area contributed by atoms with E-state index in [0.717, 1.165) is 30.3 Å². The molecule has 4 unspecified atom stereocenters. The Labute approximate surface area is 180 Å². The second-order valence-electron chi connectivity index (χ2n) is 8.22. The van der Waals surface area contributed by atoms with Crippen LogP contribution in [0.5, 0.6) is 5.75 Å². The van der Waals surface area contributed by atoms with Crippen molar-refractivity contribution < 1.29 is 9.47 Å². The minimum Gasteiger partial charge on any atom is -0.496 e. The second kappa shape index (κ2) is 8.99. The number of hydrogen-bond acceptors (Lipinski definition) is 3. The predicted molar refractivity (Wildman–Crippen MR) is 121 cm³/mol. The van der Waals surface area contributed by atoms with Crippen LogP contribution in [0.15, 0.2) is 23.2 Å². The lowest BCUT2D eigenvalue weighted by Crippen LogP contribution is -2.71. The van der Waals surface area contributed by atoms with E-state index in [2.05, 4.69) is 55.5 Å². The monoisotopic (exact) mass is 487 g/mol. The summed E-state index contributed by atoms with van der Waals surface area (Å²) in [5, 5.41) is 7.20. The average molecular weight is 487 g/mol. The molecule has 0 bridgehead atoms. The van der Waals surface area contributed by atoms with E-state index in [9.17, 15) is 0 Å². The second-order valence-corrected chi connectivity index (χ2v) is 8.22. The van der Waals surface area contributed by atoms with Crippen LogP contribution in [0.25, 0.3) is 0 Å². The number of aliphatic imine (C=N–C) groups is 1. The smallest absolute Gasteiger partial charge is 0.191 e. The van der Waals surface area contributed by atoms with Crippen molar-refractivity contribution in [1.29, 1.82) is 0 Å². The fraction of sp³-hybridized carbons (Fsp3) is 0.667. The van der Waals surface area contributed by atoms with Gasteiger partial charge < -0.3 is 20.1 Å². The Morgan fingerprint density at radius 2 is 2.11 bits per heavy atom. The fourth-order valence-corrected chi connectivity index (χ4v) is 4.61. The van der Waals surface area contributed by atoms with E-state index in [4.69, 9.17) is 9.47 Å². The maximum absolute atomic E-state index is 6.01. The third kappa shape index (κ3) is 4.36. The zero-order valence-corrected chi connectivity index (χ0v) is 19.7. The summed E-state index contributed by atoms with van der Waals surface area (Å²) in [4.78, 5) is 4.47. The van der Waals surface area contributed by atoms with Gasteiger partial charge in [-0.1, -0.05) is 31.5 Å². The Morgan fingerprint density at radius 1 is 1.37 bits per heavy atom. The molecule has 5 nitrogen and oxygen atoms in total. The van der Waals surface area contributed by atoms with Crippen molar-refractivity contribution in [3.05, 3.63) is 29.3 Å². The molecule has 2 fully saturated rings. The number of aryl methyl sites for hydroxylation is 1. The van der Waals surface area contributed by atoms with Gasteiger partial charge in [-0.2, -0.15) is 0 Å². The Bertz CT molecular complexity index is 677. The molecule has 27 heavy (non-hydrogen) atoms. The molecular formula is C21H34IN3O2. The molecule has 1 aliphatic heterocycles. The van der Waals surface area contributed by atoms with Crippen LogP contribution in [0.1, 0.15) is 50.8 Å². The van der Waals surface area contributed by atoms with E-state index >= 15 is 0 Å². The van der Waals surface area contributed by atoms with Crippen molar-refractivity contribution in [3.8, 4) is 5.75 Å². The zero-order chi connectivity index (χ0) is 18.9. The lowest BCUT2D eigenvalue weighted by atomic mass is 9.55. The highest BCUT2D eigenvalue weighted by Gasteiger charge is 2.58. The standard InChI is InChI=1S/C21H33N3O2.HI/c1-13-9-10-17(25-6)16(12-13)14(2)23-20(22-5)24-18-15-8-7-11-26-19(15)21(18,3)4;/h9-10,12,14-15,18-19H,7-8,11H2,1-6H3,(H2,22,23,24);1H. The molecule has 1 aliphatic carbocycles. The van der Waals surface area contributed by atoms with Gasteiger partial charge in [0.05, 0.1) is 19.3 Å². The van der Waals surface area contributed by atoms with Crippen molar-refractivity contribution in [2.75, 3.05) is 20.8 Å². The van der Waals surface area contributed by atoms with E-state index in [1.807, 2.05) is 13.1 Å². The molecule has 1 aromatic carbocycles. The first-order chi connectivity index (χ1) is 12.4. The molecule has 2 aliphatic rings. The molecule has 0 spiro atoms. The number of methoxy groups -OCH3 is 1. The fourth-order valence-electron chi connectivity index (χ4n) is 4.61. The van der Waals surface area contributed by atoms with Crippen molar-refractivity contribution in [3.63, 3.8) is 0 Å². The van der Waals surface area contributed by atoms with Gasteiger partial charge in [0.2, 0.25) is 0 Å². The van der Waals surface area contributed by atoms with E-state index in [0.29, 0.717) is 18.1 Å². The molecule has 1 saturated heterocycles. The van der Waals surface area contributed by atoms with Gasteiger partial charge in [0.25, 0.3) is 0 Å². The molecule has 6 heteroatoms. The first-order valence-electron chi connectivity index (χ1n) is 9.64.